The standard InChI is InChI=1S/C16H10B2Cl2O5/c19-13(21)17(11-7-3-1-4-8-11)15(23)25-16(24)18(14(20)22)12-9-5-2-6-10-12/h1-10H. The molecule has 0 saturated carbocycles. The van der Waals surface area contributed by atoms with E-state index in [-0.39, 0.29) is 10.9 Å². The highest BCUT2D eigenvalue weighted by atomic mass is 35.5. The molecule has 2 aromatic carbocycles. The first kappa shape index (κ1) is 19.0. The minimum Gasteiger partial charge on any atom is -0.408 e. The van der Waals surface area contributed by atoms with Crippen LogP contribution in [0.3, 0.4) is 0 Å². The van der Waals surface area contributed by atoms with Crippen molar-refractivity contribution >= 4 is 69.6 Å². The summed E-state index contributed by atoms with van der Waals surface area (Å²) in [6, 6.07) is 15.8. The van der Waals surface area contributed by atoms with Crippen LogP contribution in [0.2, 0.25) is 0 Å². The highest BCUT2D eigenvalue weighted by molar-refractivity contribution is 7.30. The zero-order chi connectivity index (χ0) is 18.4. The molecule has 0 spiro atoms. The van der Waals surface area contributed by atoms with E-state index in [1.165, 1.54) is 24.3 Å². The molecule has 0 unspecified atom stereocenters. The summed E-state index contributed by atoms with van der Waals surface area (Å²) in [5.74, 6) is -2.34. The topological polar surface area (TPSA) is 77.5 Å². The SMILES string of the molecule is O=C(Cl)B(C(=O)OC(=O)B(C(=O)Cl)c1ccccc1)c1ccccc1. The van der Waals surface area contributed by atoms with Crippen LogP contribution in [0.15, 0.2) is 60.7 Å². The number of carbonyl (C=O) groups is 4. The summed E-state index contributed by atoms with van der Waals surface area (Å²) in [4.78, 5) is 47.7. The normalized spacial score (nSPS) is 9.84. The van der Waals surface area contributed by atoms with Gasteiger partial charge >= 0.3 is 13.4 Å². The van der Waals surface area contributed by atoms with Crippen LogP contribution in [-0.2, 0) is 4.74 Å². The highest BCUT2D eigenvalue weighted by Crippen LogP contribution is 2.05. The van der Waals surface area contributed by atoms with E-state index in [1.54, 1.807) is 36.4 Å². The quantitative estimate of drug-likeness (QED) is 0.441. The molecule has 0 fully saturated rings. The van der Waals surface area contributed by atoms with Crippen molar-refractivity contribution in [2.45, 2.75) is 0 Å². The average molecular weight is 375 g/mol. The minimum absolute atomic E-state index is 0.272. The van der Waals surface area contributed by atoms with Crippen LogP contribution in [-0.4, -0.2) is 35.4 Å². The van der Waals surface area contributed by atoms with E-state index in [1.807, 2.05) is 0 Å². The summed E-state index contributed by atoms with van der Waals surface area (Å²) in [5, 5.41) is -2.00. The molecule has 0 aromatic heterocycles. The largest absolute Gasteiger partial charge is 0.408 e. The minimum atomic E-state index is -1.48. The summed E-state index contributed by atoms with van der Waals surface area (Å²) in [6.07, 6.45) is 0. The van der Waals surface area contributed by atoms with E-state index >= 15 is 0 Å². The molecule has 0 amide bonds. The van der Waals surface area contributed by atoms with E-state index in [2.05, 4.69) is 0 Å². The van der Waals surface area contributed by atoms with Crippen LogP contribution in [0.4, 0.5) is 19.2 Å². The second-order valence-corrected chi connectivity index (χ2v) is 5.78. The van der Waals surface area contributed by atoms with Crippen LogP contribution >= 0.6 is 23.2 Å². The van der Waals surface area contributed by atoms with Gasteiger partial charge in [-0.1, -0.05) is 94.8 Å². The number of hydrogen-bond donors (Lipinski definition) is 0. The molecule has 0 atom stereocenters. The van der Waals surface area contributed by atoms with Crippen molar-refractivity contribution in [1.29, 1.82) is 0 Å². The maximum Gasteiger partial charge on any atom is 0.408 e. The fraction of sp³-hybridized carbons (Fsp3) is 0. The maximum atomic E-state index is 12.3. The number of halogens is 2. The van der Waals surface area contributed by atoms with Crippen LogP contribution < -0.4 is 10.9 Å². The van der Waals surface area contributed by atoms with Crippen molar-refractivity contribution in [3.63, 3.8) is 0 Å². The second kappa shape index (κ2) is 8.65. The van der Waals surface area contributed by atoms with E-state index in [0.717, 1.165) is 0 Å². The molecule has 0 N–H and O–H groups in total. The molecule has 2 rings (SSSR count). The number of ether oxygens (including phenoxy) is 1. The summed E-state index contributed by atoms with van der Waals surface area (Å²) in [7, 11) is 0. The lowest BCUT2D eigenvalue weighted by Gasteiger charge is -2.11. The van der Waals surface area contributed by atoms with Crippen LogP contribution in [0, 0.1) is 0 Å². The molecule has 0 saturated heterocycles. The lowest BCUT2D eigenvalue weighted by Crippen LogP contribution is -2.49. The van der Waals surface area contributed by atoms with Gasteiger partial charge < -0.3 is 4.74 Å². The van der Waals surface area contributed by atoms with Crippen LogP contribution in [0.1, 0.15) is 0 Å². The fourth-order valence-corrected chi connectivity index (χ4v) is 2.66. The van der Waals surface area contributed by atoms with Gasteiger partial charge in [0, 0.05) is 0 Å². The van der Waals surface area contributed by atoms with Crippen molar-refractivity contribution in [2.24, 2.45) is 0 Å². The van der Waals surface area contributed by atoms with E-state index < -0.39 is 35.4 Å². The van der Waals surface area contributed by atoms with Gasteiger partial charge in [-0.3, -0.25) is 19.2 Å². The molecular formula is C16H10B2Cl2O5. The predicted octanol–water partition coefficient (Wildman–Crippen LogP) is 3.09. The van der Waals surface area contributed by atoms with Gasteiger partial charge in [0.1, 0.15) is 0 Å². The molecule has 0 radical (unpaired) electrons. The number of hydrogen-bond acceptors (Lipinski definition) is 5. The number of carbonyl (C=O) groups excluding carboxylic acids is 4. The molecular weight excluding hydrogens is 365 g/mol. The molecule has 0 aliphatic carbocycles. The van der Waals surface area contributed by atoms with Crippen molar-refractivity contribution in [2.75, 3.05) is 0 Å². The Labute approximate surface area is 154 Å². The molecule has 0 bridgehead atoms. The van der Waals surface area contributed by atoms with Gasteiger partial charge in [0.15, 0.2) is 10.3 Å². The summed E-state index contributed by atoms with van der Waals surface area (Å²) >= 11 is 10.9. The zero-order valence-corrected chi connectivity index (χ0v) is 14.2. The Morgan fingerprint density at radius 2 is 0.960 bits per heavy atom. The third-order valence-corrected chi connectivity index (χ3v) is 3.83. The first-order valence-corrected chi connectivity index (χ1v) is 7.91. The predicted molar refractivity (Wildman–Crippen MR) is 98.0 cm³/mol. The van der Waals surface area contributed by atoms with Crippen molar-refractivity contribution in [1.82, 2.24) is 0 Å². The Kier molecular flexibility index (Phi) is 6.56. The first-order valence-electron chi connectivity index (χ1n) is 7.16. The summed E-state index contributed by atoms with van der Waals surface area (Å²) in [6.45, 7) is -2.96. The number of rotatable bonds is 6. The maximum absolute atomic E-state index is 12.3. The Morgan fingerprint density at radius 1 is 0.640 bits per heavy atom. The van der Waals surface area contributed by atoms with Gasteiger partial charge in [0.05, 0.1) is 0 Å². The fourth-order valence-electron chi connectivity index (χ4n) is 2.23. The monoisotopic (exact) mass is 374 g/mol. The van der Waals surface area contributed by atoms with Crippen LogP contribution in [0.25, 0.3) is 0 Å². The lowest BCUT2D eigenvalue weighted by atomic mass is 9.44. The summed E-state index contributed by atoms with van der Waals surface area (Å²) < 4.78 is 4.72. The van der Waals surface area contributed by atoms with E-state index in [9.17, 15) is 19.2 Å². The molecule has 0 aliphatic heterocycles. The Hall–Kier alpha value is -2.37. The molecule has 0 aliphatic rings. The molecule has 124 valence electrons. The summed E-state index contributed by atoms with van der Waals surface area (Å²) in [5.41, 5.74) is 0.544. The van der Waals surface area contributed by atoms with Crippen molar-refractivity contribution in [3.05, 3.63) is 60.7 Å². The van der Waals surface area contributed by atoms with Gasteiger partial charge in [-0.15, -0.1) is 0 Å². The molecule has 0 heterocycles. The molecule has 9 heteroatoms. The molecule has 25 heavy (non-hydrogen) atoms. The zero-order valence-electron chi connectivity index (χ0n) is 12.7. The molecule has 2 aromatic rings. The van der Waals surface area contributed by atoms with Gasteiger partial charge in [-0.25, -0.2) is 0 Å². The van der Waals surface area contributed by atoms with E-state index in [0.29, 0.717) is 0 Å². The van der Waals surface area contributed by atoms with Crippen molar-refractivity contribution in [3.8, 4) is 0 Å². The molecule has 5 nitrogen and oxygen atoms in total. The van der Waals surface area contributed by atoms with Gasteiger partial charge in [-0.2, -0.15) is 0 Å². The van der Waals surface area contributed by atoms with Crippen LogP contribution in [0.5, 0.6) is 0 Å². The van der Waals surface area contributed by atoms with E-state index in [4.69, 9.17) is 27.9 Å². The van der Waals surface area contributed by atoms with Gasteiger partial charge in [0.25, 0.3) is 11.7 Å². The highest BCUT2D eigenvalue weighted by Gasteiger charge is 2.41. The Balaban J connectivity index is 2.23. The van der Waals surface area contributed by atoms with Gasteiger partial charge in [0.2, 0.25) is 0 Å². The van der Waals surface area contributed by atoms with Crippen molar-refractivity contribution < 1.29 is 23.9 Å². The smallest absolute Gasteiger partial charge is 0.408 e. The average Bonchev–Trinajstić information content (AvgIpc) is 2.56. The first-order chi connectivity index (χ1) is 11.9. The Morgan fingerprint density at radius 3 is 1.24 bits per heavy atom. The third-order valence-electron chi connectivity index (χ3n) is 3.39. The number of benzene rings is 2. The lowest BCUT2D eigenvalue weighted by molar-refractivity contribution is 0.183. The Bertz CT molecular complexity index is 731. The second-order valence-electron chi connectivity index (χ2n) is 5.04. The third kappa shape index (κ3) is 4.81. The van der Waals surface area contributed by atoms with Gasteiger partial charge in [-0.05, 0) is 0 Å².